The molecule has 1 aromatic heterocycles. The van der Waals surface area contributed by atoms with Crippen LogP contribution in [0.1, 0.15) is 0 Å². The normalized spacial score (nSPS) is 12.7. The number of hydrogen-bond donors (Lipinski definition) is 10. The molecule has 27 nitrogen and oxygen atoms in total. The van der Waals surface area contributed by atoms with Crippen molar-refractivity contribution in [2.45, 2.75) is 19.6 Å². The van der Waals surface area contributed by atoms with E-state index < -0.39 is 144 Å². The summed E-state index contributed by atoms with van der Waals surface area (Å²) in [5, 5.41) is 49.3. The minimum atomic E-state index is -5.32. The number of anilines is 7. The standard InChI is InChI=1S/C50H37N11O16S5/c1-78(64,65)61-31-14-8-13-30(23-31)51-48-54-49(52-38-24-32(79(66,67)68)19-28-21-40(81(72,73)74)44(46(62)42(28)38)59-57-36-17-6-11-26-9-2-4-15-34(26)36)56-50(55-48)53-39-25-33(80(69,70)71)20-29-22-41(82(75,76)77)45(47(63)43(29)39)60-58-37-18-7-12-27-10-3-5-16-35(27)37/h2-25,61-63H,1H3,(H,66,67,68)(H,69,70,71)(H,72,73,74)(H,75,76,77)(H3,51,52,53,54,55,56)/b59-57+,60-58+. The van der Waals surface area contributed by atoms with E-state index in [1.165, 1.54) is 36.4 Å². The van der Waals surface area contributed by atoms with Gasteiger partial charge in [-0.05, 0) is 88.3 Å². The zero-order chi connectivity index (χ0) is 58.7. The third-order valence-electron chi connectivity index (χ3n) is 12.0. The minimum absolute atomic E-state index is 0.0431. The zero-order valence-electron chi connectivity index (χ0n) is 41.3. The summed E-state index contributed by atoms with van der Waals surface area (Å²) in [6, 6.07) is 33.7. The van der Waals surface area contributed by atoms with Crippen molar-refractivity contribution in [1.82, 2.24) is 15.0 Å². The predicted octanol–water partition coefficient (Wildman–Crippen LogP) is 10.3. The lowest BCUT2D eigenvalue weighted by Gasteiger charge is -2.17. The number of hydrogen-bond acceptors (Lipinski definition) is 22. The fraction of sp³-hybridized carbons (Fsp3) is 0.0200. The Kier molecular flexibility index (Phi) is 14.3. The number of aromatic hydroxyl groups is 2. The summed E-state index contributed by atoms with van der Waals surface area (Å²) in [6.07, 6.45) is 0.896. The molecule has 0 amide bonds. The van der Waals surface area contributed by atoms with E-state index in [0.717, 1.165) is 42.7 Å². The van der Waals surface area contributed by atoms with Gasteiger partial charge in [0.1, 0.15) is 21.2 Å². The Hall–Kier alpha value is -9.38. The molecule has 0 aliphatic carbocycles. The van der Waals surface area contributed by atoms with Crippen molar-refractivity contribution in [3.8, 4) is 11.5 Å². The summed E-state index contributed by atoms with van der Waals surface area (Å²) < 4.78 is 171. The van der Waals surface area contributed by atoms with E-state index in [1.807, 2.05) is 0 Å². The summed E-state index contributed by atoms with van der Waals surface area (Å²) in [4.78, 5) is 9.07. The van der Waals surface area contributed by atoms with Crippen molar-refractivity contribution in [3.05, 3.63) is 146 Å². The molecule has 0 saturated heterocycles. The van der Waals surface area contributed by atoms with Crippen LogP contribution in [0.15, 0.2) is 186 Å². The Morgan fingerprint density at radius 2 is 0.793 bits per heavy atom. The largest absolute Gasteiger partial charge is 0.505 e. The maximum absolute atomic E-state index is 13.0. The third-order valence-corrected chi connectivity index (χ3v) is 16.0. The van der Waals surface area contributed by atoms with Gasteiger partial charge in [0.05, 0.1) is 44.5 Å². The minimum Gasteiger partial charge on any atom is -0.505 e. The second kappa shape index (κ2) is 20.9. The smallest absolute Gasteiger partial charge is 0.296 e. The first kappa shape index (κ1) is 55.9. The van der Waals surface area contributed by atoms with E-state index in [-0.39, 0.29) is 22.7 Å². The molecule has 10 aromatic rings. The Morgan fingerprint density at radius 3 is 1.21 bits per heavy atom. The number of nitrogens with one attached hydrogen (secondary N) is 4. The van der Waals surface area contributed by atoms with Crippen LogP contribution in [0.3, 0.4) is 0 Å². The number of fused-ring (bicyclic) bond motifs is 4. The van der Waals surface area contributed by atoms with Crippen molar-refractivity contribution in [2.75, 3.05) is 26.9 Å². The first-order valence-corrected chi connectivity index (χ1v) is 30.7. The molecular weight excluding hydrogens is 1170 g/mol. The number of phenolic OH excluding ortho intramolecular Hbond substituents is 2. The molecule has 82 heavy (non-hydrogen) atoms. The van der Waals surface area contributed by atoms with Crippen molar-refractivity contribution >= 4 is 157 Å². The average Bonchev–Trinajstić information content (AvgIpc) is 3.48. The molecule has 9 aromatic carbocycles. The van der Waals surface area contributed by atoms with Gasteiger partial charge < -0.3 is 26.2 Å². The van der Waals surface area contributed by atoms with Gasteiger partial charge in [0.25, 0.3) is 40.5 Å². The number of aromatic nitrogens is 3. The molecular formula is C50H37N11O16S5. The van der Waals surface area contributed by atoms with Crippen LogP contribution in [0.2, 0.25) is 0 Å². The van der Waals surface area contributed by atoms with Crippen molar-refractivity contribution in [3.63, 3.8) is 0 Å². The van der Waals surface area contributed by atoms with E-state index in [1.54, 1.807) is 72.8 Å². The summed E-state index contributed by atoms with van der Waals surface area (Å²) >= 11 is 0. The summed E-state index contributed by atoms with van der Waals surface area (Å²) in [5.74, 6) is -3.85. The zero-order valence-corrected chi connectivity index (χ0v) is 45.4. The van der Waals surface area contributed by atoms with Gasteiger partial charge >= 0.3 is 0 Å². The molecule has 10 N–H and O–H groups in total. The Labute approximate surface area is 463 Å². The van der Waals surface area contributed by atoms with Crippen LogP contribution in [-0.4, -0.2) is 91.7 Å². The number of sulfonamides is 1. The van der Waals surface area contributed by atoms with Gasteiger partial charge in [0.15, 0.2) is 11.5 Å². The lowest BCUT2D eigenvalue weighted by Crippen LogP contribution is -2.10. The van der Waals surface area contributed by atoms with Crippen LogP contribution < -0.4 is 20.7 Å². The molecule has 10 rings (SSSR count). The number of benzene rings is 9. The fourth-order valence-corrected chi connectivity index (χ4v) is 11.5. The molecule has 0 radical (unpaired) electrons. The van der Waals surface area contributed by atoms with E-state index >= 15 is 0 Å². The molecule has 0 unspecified atom stereocenters. The molecule has 0 aliphatic rings. The van der Waals surface area contributed by atoms with E-state index in [0.29, 0.717) is 21.5 Å². The quantitative estimate of drug-likeness (QED) is 0.0317. The molecule has 0 atom stereocenters. The van der Waals surface area contributed by atoms with Crippen LogP contribution >= 0.6 is 0 Å². The van der Waals surface area contributed by atoms with E-state index in [2.05, 4.69) is 56.1 Å². The molecule has 0 saturated carbocycles. The van der Waals surface area contributed by atoms with Gasteiger partial charge in [0.2, 0.25) is 27.9 Å². The Balaban J connectivity index is 1.18. The van der Waals surface area contributed by atoms with Crippen LogP contribution in [0.4, 0.5) is 63.3 Å². The third kappa shape index (κ3) is 11.9. The van der Waals surface area contributed by atoms with Gasteiger partial charge in [-0.15, -0.1) is 20.5 Å². The average molecular weight is 1210 g/mol. The molecule has 0 spiro atoms. The lowest BCUT2D eigenvalue weighted by atomic mass is 10.1. The highest BCUT2D eigenvalue weighted by atomic mass is 32.2. The molecule has 418 valence electrons. The van der Waals surface area contributed by atoms with Gasteiger partial charge in [-0.1, -0.05) is 78.9 Å². The number of nitrogens with zero attached hydrogens (tertiary/aromatic N) is 7. The molecule has 0 bridgehead atoms. The second-order valence-electron chi connectivity index (χ2n) is 17.7. The molecule has 0 aliphatic heterocycles. The van der Waals surface area contributed by atoms with Crippen LogP contribution in [0, 0.1) is 0 Å². The number of phenols is 2. The summed E-state index contributed by atoms with van der Waals surface area (Å²) in [5.41, 5.74) is -2.26. The first-order chi connectivity index (χ1) is 38.6. The van der Waals surface area contributed by atoms with E-state index in [9.17, 15) is 70.5 Å². The van der Waals surface area contributed by atoms with Gasteiger partial charge in [-0.2, -0.15) is 48.6 Å². The lowest BCUT2D eigenvalue weighted by molar-refractivity contribution is 0.471. The Morgan fingerprint density at radius 1 is 0.402 bits per heavy atom. The number of azo groups is 2. The maximum atomic E-state index is 13.0. The highest BCUT2D eigenvalue weighted by molar-refractivity contribution is 7.92. The van der Waals surface area contributed by atoms with Crippen molar-refractivity contribution in [2.24, 2.45) is 20.5 Å². The molecule has 1 heterocycles. The first-order valence-electron chi connectivity index (χ1n) is 23.1. The van der Waals surface area contributed by atoms with Gasteiger partial charge in [-0.3, -0.25) is 22.9 Å². The van der Waals surface area contributed by atoms with Crippen LogP contribution in [-0.2, 0) is 50.5 Å². The van der Waals surface area contributed by atoms with Crippen LogP contribution in [0.25, 0.3) is 43.1 Å². The van der Waals surface area contributed by atoms with Gasteiger partial charge in [-0.25, -0.2) is 8.42 Å². The SMILES string of the molecule is CS(=O)(=O)Nc1cccc(Nc2nc(Nc3cc(S(=O)(=O)O)cc4cc(S(=O)(=O)O)c(/N=N/c5cccc6ccccc56)c(O)c34)nc(Nc3cc(S(=O)(=O)O)cc4cc(S(=O)(=O)O)c(/N=N/c5cccc6ccccc56)c(O)c34)n2)c1. The van der Waals surface area contributed by atoms with Crippen molar-refractivity contribution in [1.29, 1.82) is 0 Å². The number of rotatable bonds is 16. The molecule has 32 heteroatoms. The Bertz CT molecular complexity index is 4740. The van der Waals surface area contributed by atoms with Crippen molar-refractivity contribution < 1.29 is 70.5 Å². The fourth-order valence-electron chi connectivity index (χ4n) is 8.59. The van der Waals surface area contributed by atoms with E-state index in [4.69, 9.17) is 0 Å². The summed E-state index contributed by atoms with van der Waals surface area (Å²) in [6.45, 7) is 0. The predicted molar refractivity (Wildman–Crippen MR) is 301 cm³/mol. The highest BCUT2D eigenvalue weighted by Gasteiger charge is 2.29. The monoisotopic (exact) mass is 1210 g/mol. The molecule has 0 fully saturated rings. The summed E-state index contributed by atoms with van der Waals surface area (Å²) in [7, 11) is -24.9. The second-order valence-corrected chi connectivity index (χ2v) is 25.1. The van der Waals surface area contributed by atoms with Gasteiger partial charge in [0, 0.05) is 27.2 Å². The topological polar surface area (TPSA) is 428 Å². The maximum Gasteiger partial charge on any atom is 0.296 e. The highest BCUT2D eigenvalue weighted by Crippen LogP contribution is 2.48. The van der Waals surface area contributed by atoms with Crippen LogP contribution in [0.5, 0.6) is 11.5 Å².